The molecule has 0 bridgehead atoms. The first-order chi connectivity index (χ1) is 10.9. The van der Waals surface area contributed by atoms with Gasteiger partial charge in [-0.25, -0.2) is 0 Å². The summed E-state index contributed by atoms with van der Waals surface area (Å²) in [6, 6.07) is 7.66. The Labute approximate surface area is 142 Å². The molecule has 0 radical (unpaired) electrons. The summed E-state index contributed by atoms with van der Waals surface area (Å²) >= 11 is 1.55. The fourth-order valence-electron chi connectivity index (χ4n) is 3.09. The summed E-state index contributed by atoms with van der Waals surface area (Å²) in [5, 5.41) is 3.00. The van der Waals surface area contributed by atoms with Gasteiger partial charge in [-0.2, -0.15) is 11.8 Å². The summed E-state index contributed by atoms with van der Waals surface area (Å²) < 4.78 is 0. The zero-order valence-electron chi connectivity index (χ0n) is 14.4. The number of carbonyl (C=O) groups excluding carboxylic acids is 2. The highest BCUT2D eigenvalue weighted by atomic mass is 32.2. The Morgan fingerprint density at radius 3 is 2.43 bits per heavy atom. The van der Waals surface area contributed by atoms with E-state index in [0.29, 0.717) is 6.54 Å². The molecular formula is C17H25N3O2S. The number of fused-ring (bicyclic) bond motifs is 1. The Balaban J connectivity index is 2.42. The number of benzene rings is 1. The molecule has 0 fully saturated rings. The van der Waals surface area contributed by atoms with Gasteiger partial charge in [0.15, 0.2) is 0 Å². The van der Waals surface area contributed by atoms with Gasteiger partial charge in [-0.05, 0) is 39.3 Å². The zero-order chi connectivity index (χ0) is 17.1. The summed E-state index contributed by atoms with van der Waals surface area (Å²) in [6.07, 6.45) is 1.96. The molecule has 1 heterocycles. The van der Waals surface area contributed by atoms with E-state index in [1.807, 2.05) is 56.3 Å². The van der Waals surface area contributed by atoms with E-state index >= 15 is 0 Å². The Hall–Kier alpha value is -1.53. The molecule has 1 aromatic rings. The number of nitrogens with zero attached hydrogens (tertiary/aromatic N) is 2. The van der Waals surface area contributed by atoms with Gasteiger partial charge in [-0.1, -0.05) is 12.1 Å². The van der Waals surface area contributed by atoms with Gasteiger partial charge in [0.25, 0.3) is 0 Å². The van der Waals surface area contributed by atoms with Crippen molar-refractivity contribution in [3.05, 3.63) is 24.3 Å². The van der Waals surface area contributed by atoms with E-state index in [1.54, 1.807) is 23.6 Å². The number of nitrogens with one attached hydrogen (secondary N) is 1. The normalized spacial score (nSPS) is 20.0. The first-order valence-electron chi connectivity index (χ1n) is 7.82. The van der Waals surface area contributed by atoms with Crippen molar-refractivity contribution in [1.29, 1.82) is 0 Å². The van der Waals surface area contributed by atoms with Gasteiger partial charge in [-0.3, -0.25) is 9.59 Å². The standard InChI is InChI=1S/C17H25N3O2S/c1-11-10-19(17(22)16(23-5)12(2)18-4)14-8-6-7-9-15(14)20(11)13(3)21/h6-9,11-12,16,18H,10H2,1-5H3. The average molecular weight is 335 g/mol. The molecule has 0 spiro atoms. The van der Waals surface area contributed by atoms with Gasteiger partial charge in [0, 0.05) is 19.5 Å². The second-order valence-electron chi connectivity index (χ2n) is 5.91. The van der Waals surface area contributed by atoms with E-state index in [4.69, 9.17) is 0 Å². The van der Waals surface area contributed by atoms with Crippen LogP contribution in [0.25, 0.3) is 0 Å². The lowest BCUT2D eigenvalue weighted by Crippen LogP contribution is -2.55. The van der Waals surface area contributed by atoms with Crippen molar-refractivity contribution in [2.24, 2.45) is 0 Å². The second-order valence-corrected chi connectivity index (χ2v) is 6.89. The van der Waals surface area contributed by atoms with Crippen LogP contribution in [0.1, 0.15) is 20.8 Å². The summed E-state index contributed by atoms with van der Waals surface area (Å²) in [5.41, 5.74) is 1.62. The summed E-state index contributed by atoms with van der Waals surface area (Å²) in [4.78, 5) is 28.7. The number of anilines is 2. The largest absolute Gasteiger partial charge is 0.316 e. The van der Waals surface area contributed by atoms with Gasteiger partial charge in [0.1, 0.15) is 0 Å². The Bertz CT molecular complexity index is 593. The molecule has 0 aromatic heterocycles. The molecule has 2 rings (SSSR count). The molecule has 5 nitrogen and oxygen atoms in total. The van der Waals surface area contributed by atoms with Crippen LogP contribution in [-0.2, 0) is 9.59 Å². The molecule has 1 aliphatic rings. The number of hydrogen-bond donors (Lipinski definition) is 1. The van der Waals surface area contributed by atoms with Crippen molar-refractivity contribution in [2.75, 3.05) is 29.6 Å². The van der Waals surface area contributed by atoms with E-state index in [0.717, 1.165) is 11.4 Å². The Morgan fingerprint density at radius 1 is 1.30 bits per heavy atom. The van der Waals surface area contributed by atoms with E-state index in [-0.39, 0.29) is 29.1 Å². The topological polar surface area (TPSA) is 52.7 Å². The molecule has 1 N–H and O–H groups in total. The van der Waals surface area contributed by atoms with Crippen LogP contribution in [0.5, 0.6) is 0 Å². The van der Waals surface area contributed by atoms with Crippen LogP contribution in [0.15, 0.2) is 24.3 Å². The minimum Gasteiger partial charge on any atom is -0.316 e. The van der Waals surface area contributed by atoms with Crippen molar-refractivity contribution in [2.45, 2.75) is 38.1 Å². The van der Waals surface area contributed by atoms with Crippen molar-refractivity contribution in [1.82, 2.24) is 5.32 Å². The molecule has 126 valence electrons. The fraction of sp³-hybridized carbons (Fsp3) is 0.529. The molecule has 0 saturated heterocycles. The molecule has 6 heteroatoms. The Kier molecular flexibility index (Phi) is 5.70. The maximum Gasteiger partial charge on any atom is 0.241 e. The molecule has 1 aliphatic heterocycles. The monoisotopic (exact) mass is 335 g/mol. The fourth-order valence-corrected chi connectivity index (χ4v) is 3.96. The number of thioether (sulfide) groups is 1. The zero-order valence-corrected chi connectivity index (χ0v) is 15.2. The third-order valence-corrected chi connectivity index (χ3v) is 5.45. The Morgan fingerprint density at radius 2 is 1.91 bits per heavy atom. The average Bonchev–Trinajstić information content (AvgIpc) is 2.53. The minimum absolute atomic E-state index is 0.00191. The number of amides is 2. The van der Waals surface area contributed by atoms with Crippen LogP contribution in [-0.4, -0.2) is 49.0 Å². The van der Waals surface area contributed by atoms with Crippen molar-refractivity contribution >= 4 is 35.0 Å². The summed E-state index contributed by atoms with van der Waals surface area (Å²) in [7, 11) is 1.87. The molecule has 3 atom stereocenters. The van der Waals surface area contributed by atoms with Crippen LogP contribution in [0.3, 0.4) is 0 Å². The van der Waals surface area contributed by atoms with Gasteiger partial charge in [0.2, 0.25) is 11.8 Å². The predicted molar refractivity (Wildman–Crippen MR) is 97.2 cm³/mol. The highest BCUT2D eigenvalue weighted by Crippen LogP contribution is 2.36. The van der Waals surface area contributed by atoms with Crippen molar-refractivity contribution in [3.8, 4) is 0 Å². The first-order valence-corrected chi connectivity index (χ1v) is 9.11. The van der Waals surface area contributed by atoms with Crippen LogP contribution < -0.4 is 15.1 Å². The maximum absolute atomic E-state index is 13.1. The van der Waals surface area contributed by atoms with Crippen molar-refractivity contribution < 1.29 is 9.59 Å². The third kappa shape index (κ3) is 3.38. The lowest BCUT2D eigenvalue weighted by Gasteiger charge is -2.42. The van der Waals surface area contributed by atoms with E-state index in [1.165, 1.54) is 0 Å². The molecule has 3 unspecified atom stereocenters. The summed E-state index contributed by atoms with van der Waals surface area (Å²) in [6.45, 7) is 6.08. The lowest BCUT2D eigenvalue weighted by molar-refractivity contribution is -0.119. The molecule has 1 aromatic carbocycles. The van der Waals surface area contributed by atoms with E-state index in [2.05, 4.69) is 5.32 Å². The number of para-hydroxylation sites is 2. The highest BCUT2D eigenvalue weighted by molar-refractivity contribution is 8.00. The van der Waals surface area contributed by atoms with Crippen molar-refractivity contribution in [3.63, 3.8) is 0 Å². The lowest BCUT2D eigenvalue weighted by atomic mass is 10.1. The van der Waals surface area contributed by atoms with E-state index in [9.17, 15) is 9.59 Å². The van der Waals surface area contributed by atoms with Crippen LogP contribution in [0.2, 0.25) is 0 Å². The predicted octanol–water partition coefficient (Wildman–Crippen LogP) is 2.11. The molecule has 0 saturated carbocycles. The second kappa shape index (κ2) is 7.36. The molecular weight excluding hydrogens is 310 g/mol. The van der Waals surface area contributed by atoms with E-state index < -0.39 is 0 Å². The highest BCUT2D eigenvalue weighted by Gasteiger charge is 2.36. The van der Waals surface area contributed by atoms with Gasteiger partial charge < -0.3 is 15.1 Å². The number of hydrogen-bond acceptors (Lipinski definition) is 4. The molecule has 2 amide bonds. The maximum atomic E-state index is 13.1. The first kappa shape index (κ1) is 17.8. The van der Waals surface area contributed by atoms with Crippen LogP contribution in [0, 0.1) is 0 Å². The third-order valence-electron chi connectivity index (χ3n) is 4.33. The summed E-state index contributed by atoms with van der Waals surface area (Å²) in [5.74, 6) is 0.0870. The molecule has 23 heavy (non-hydrogen) atoms. The van der Waals surface area contributed by atoms with Crippen LogP contribution in [0.4, 0.5) is 11.4 Å². The SMILES string of the molecule is CNC(C)C(SC)C(=O)N1CC(C)N(C(C)=O)c2ccccc21. The quantitative estimate of drug-likeness (QED) is 0.916. The number of carbonyl (C=O) groups is 2. The number of rotatable bonds is 4. The van der Waals surface area contributed by atoms with Gasteiger partial charge >= 0.3 is 0 Å². The van der Waals surface area contributed by atoms with Gasteiger partial charge in [-0.15, -0.1) is 0 Å². The smallest absolute Gasteiger partial charge is 0.241 e. The van der Waals surface area contributed by atoms with Gasteiger partial charge in [0.05, 0.1) is 22.7 Å². The van der Waals surface area contributed by atoms with Crippen LogP contribution >= 0.6 is 11.8 Å². The molecule has 0 aliphatic carbocycles. The minimum atomic E-state index is -0.163.